The van der Waals surface area contributed by atoms with Crippen LogP contribution in [0.15, 0.2) is 138 Å². The fourth-order valence-corrected chi connectivity index (χ4v) is 4.84. The van der Waals surface area contributed by atoms with Crippen molar-refractivity contribution in [3.05, 3.63) is 138 Å². The molecule has 0 unspecified atom stereocenters. The van der Waals surface area contributed by atoms with E-state index in [4.69, 9.17) is 5.48 Å². The quantitative estimate of drug-likeness (QED) is 0.231. The molecular weight excluding hydrogens is 478 g/mol. The zero-order chi connectivity index (χ0) is 26.4. The molecule has 2 heteroatoms. The van der Waals surface area contributed by atoms with Crippen molar-refractivity contribution < 1.29 is 5.48 Å². The van der Waals surface area contributed by atoms with Crippen molar-refractivity contribution in [2.24, 2.45) is 0 Å². The largest absolute Gasteiger partial charge is 0.310 e. The van der Waals surface area contributed by atoms with Crippen molar-refractivity contribution >= 4 is 54.5 Å². The Bertz CT molecular complexity index is 1810. The molecule has 0 heterocycles. The molecule has 162 valence electrons. The molecule has 6 aromatic carbocycles. The van der Waals surface area contributed by atoms with Crippen molar-refractivity contribution in [3.8, 4) is 11.1 Å². The Morgan fingerprint density at radius 1 is 0.529 bits per heavy atom. The summed E-state index contributed by atoms with van der Waals surface area (Å²) in [5, 5.41) is 3.93. The molecule has 6 rings (SSSR count). The number of hydrogen-bond donors (Lipinski definition) is 0. The predicted molar refractivity (Wildman–Crippen MR) is 149 cm³/mol. The monoisotopic (exact) mass is 503 g/mol. The molecule has 0 aromatic heterocycles. The number of anilines is 3. The van der Waals surface area contributed by atoms with Crippen LogP contribution in [0.4, 0.5) is 17.1 Å². The van der Waals surface area contributed by atoms with E-state index in [1.807, 2.05) is 114 Å². The van der Waals surface area contributed by atoms with Gasteiger partial charge in [0.15, 0.2) is 0 Å². The van der Waals surface area contributed by atoms with Crippen LogP contribution in [0.2, 0.25) is 0 Å². The van der Waals surface area contributed by atoms with Gasteiger partial charge in [0.1, 0.15) is 0 Å². The number of benzene rings is 6. The summed E-state index contributed by atoms with van der Waals surface area (Å²) in [7, 11) is 0. The number of halogens is 1. The van der Waals surface area contributed by atoms with E-state index in [2.05, 4.69) is 15.9 Å². The molecular formula is C32H22BrN. The normalized spacial score (nSPS) is 12.7. The van der Waals surface area contributed by atoms with Crippen LogP contribution in [-0.2, 0) is 0 Å². The smallest absolute Gasteiger partial charge is 0.0645 e. The minimum absolute atomic E-state index is 0.0739. The zero-order valence-corrected chi connectivity index (χ0v) is 19.8. The van der Waals surface area contributed by atoms with Gasteiger partial charge in [-0.05, 0) is 75.1 Å². The third kappa shape index (κ3) is 3.76. The van der Waals surface area contributed by atoms with Gasteiger partial charge in [-0.15, -0.1) is 0 Å². The molecule has 0 saturated carbocycles. The Balaban J connectivity index is 1.63. The minimum Gasteiger partial charge on any atom is -0.310 e. The Labute approximate surface area is 213 Å². The standard InChI is InChI=1S/C32H22BrN/c33-32-15-7-13-30-29(12-6-14-31(30)32)24-17-19-27(20-18-24)34(26-10-2-1-3-11-26)28-21-16-23-8-4-5-9-25(23)22-28/h1-22H/i17D,18D,19D,20D. The lowest BCUT2D eigenvalue weighted by molar-refractivity contribution is 1.29. The van der Waals surface area contributed by atoms with Crippen molar-refractivity contribution in [3.63, 3.8) is 0 Å². The third-order valence-electron chi connectivity index (χ3n) is 5.98. The molecule has 34 heavy (non-hydrogen) atoms. The molecule has 0 amide bonds. The molecule has 0 aliphatic carbocycles. The molecule has 0 bridgehead atoms. The number of para-hydroxylation sites is 1. The summed E-state index contributed by atoms with van der Waals surface area (Å²) >= 11 is 3.59. The summed E-state index contributed by atoms with van der Waals surface area (Å²) in [5.41, 5.74) is 2.69. The van der Waals surface area contributed by atoms with Crippen LogP contribution in [0.25, 0.3) is 32.7 Å². The maximum Gasteiger partial charge on any atom is 0.0645 e. The van der Waals surface area contributed by atoms with Gasteiger partial charge in [-0.3, -0.25) is 0 Å². The van der Waals surface area contributed by atoms with Crippen LogP contribution in [0.5, 0.6) is 0 Å². The van der Waals surface area contributed by atoms with Gasteiger partial charge in [-0.25, -0.2) is 0 Å². The zero-order valence-electron chi connectivity index (χ0n) is 22.2. The lowest BCUT2D eigenvalue weighted by Crippen LogP contribution is -2.09. The summed E-state index contributed by atoms with van der Waals surface area (Å²) in [4.78, 5) is 1.82. The summed E-state index contributed by atoms with van der Waals surface area (Å²) in [6.45, 7) is 0. The Morgan fingerprint density at radius 2 is 1.24 bits per heavy atom. The van der Waals surface area contributed by atoms with Crippen molar-refractivity contribution in [2.45, 2.75) is 0 Å². The van der Waals surface area contributed by atoms with Gasteiger partial charge in [-0.2, -0.15) is 0 Å². The molecule has 0 aliphatic heterocycles. The average molecular weight is 504 g/mol. The van der Waals surface area contributed by atoms with Crippen LogP contribution in [0.1, 0.15) is 5.48 Å². The molecule has 0 radical (unpaired) electrons. The second-order valence-electron chi connectivity index (χ2n) is 8.07. The third-order valence-corrected chi connectivity index (χ3v) is 6.67. The first kappa shape index (κ1) is 16.7. The maximum atomic E-state index is 9.12. The Morgan fingerprint density at radius 3 is 2.06 bits per heavy atom. The van der Waals surface area contributed by atoms with Gasteiger partial charge in [0.2, 0.25) is 0 Å². The van der Waals surface area contributed by atoms with E-state index >= 15 is 0 Å². The van der Waals surface area contributed by atoms with E-state index in [0.29, 0.717) is 11.1 Å². The molecule has 0 saturated heterocycles. The predicted octanol–water partition coefficient (Wildman–Crippen LogP) is 9.89. The second-order valence-corrected chi connectivity index (χ2v) is 8.92. The molecule has 6 aromatic rings. The van der Waals surface area contributed by atoms with Crippen LogP contribution in [0.3, 0.4) is 0 Å². The van der Waals surface area contributed by atoms with Crippen LogP contribution in [-0.4, -0.2) is 0 Å². The van der Waals surface area contributed by atoms with Crippen LogP contribution >= 0.6 is 15.9 Å². The first-order valence-electron chi connectivity index (χ1n) is 13.1. The van der Waals surface area contributed by atoms with E-state index in [1.54, 1.807) is 0 Å². The lowest BCUT2D eigenvalue weighted by atomic mass is 9.98. The van der Waals surface area contributed by atoms with E-state index in [9.17, 15) is 0 Å². The summed E-state index contributed by atoms with van der Waals surface area (Å²) in [6.07, 6.45) is 0. The van der Waals surface area contributed by atoms with E-state index in [1.165, 1.54) is 0 Å². The highest BCUT2D eigenvalue weighted by molar-refractivity contribution is 9.10. The molecule has 1 nitrogen and oxygen atoms in total. The summed E-state index contributed by atoms with van der Waals surface area (Å²) in [5.74, 6) is 0. The molecule has 0 aliphatic rings. The number of rotatable bonds is 4. The fraction of sp³-hybridized carbons (Fsp3) is 0. The maximum absolute atomic E-state index is 9.12. The molecule has 0 N–H and O–H groups in total. The second kappa shape index (κ2) is 8.81. The van der Waals surface area contributed by atoms with E-state index < -0.39 is 0 Å². The van der Waals surface area contributed by atoms with Gasteiger partial charge >= 0.3 is 0 Å². The van der Waals surface area contributed by atoms with Gasteiger partial charge in [-0.1, -0.05) is 107 Å². The highest BCUT2D eigenvalue weighted by Gasteiger charge is 2.13. The van der Waals surface area contributed by atoms with Gasteiger partial charge < -0.3 is 4.90 Å². The van der Waals surface area contributed by atoms with Gasteiger partial charge in [0.05, 0.1) is 5.48 Å². The highest BCUT2D eigenvalue weighted by Crippen LogP contribution is 2.38. The minimum atomic E-state index is -0.0926. The molecule has 0 atom stereocenters. The topological polar surface area (TPSA) is 3.24 Å². The Kier molecular flexibility index (Phi) is 4.33. The van der Waals surface area contributed by atoms with E-state index in [0.717, 1.165) is 37.4 Å². The van der Waals surface area contributed by atoms with Crippen molar-refractivity contribution in [1.82, 2.24) is 0 Å². The Hall–Kier alpha value is -3.88. The molecule has 0 fully saturated rings. The number of nitrogens with zero attached hydrogens (tertiary/aromatic N) is 1. The highest BCUT2D eigenvalue weighted by atomic mass is 79.9. The molecule has 0 spiro atoms. The SMILES string of the molecule is [2H]c1c([2H])c(N(c2ccccc2)c2ccc3ccccc3c2)c([2H])c([2H])c1-c1cccc2c(Br)cccc12. The van der Waals surface area contributed by atoms with Crippen LogP contribution < -0.4 is 4.90 Å². The van der Waals surface area contributed by atoms with Crippen molar-refractivity contribution in [1.29, 1.82) is 0 Å². The van der Waals surface area contributed by atoms with Gasteiger partial charge in [0, 0.05) is 21.5 Å². The first-order chi connectivity index (χ1) is 18.5. The number of fused-ring (bicyclic) bond motifs is 2. The van der Waals surface area contributed by atoms with Gasteiger partial charge in [0.25, 0.3) is 0 Å². The lowest BCUT2D eigenvalue weighted by Gasteiger charge is -2.26. The average Bonchev–Trinajstić information content (AvgIpc) is 2.95. The fourth-order valence-electron chi connectivity index (χ4n) is 4.34. The number of hydrogen-bond acceptors (Lipinski definition) is 1. The first-order valence-corrected chi connectivity index (χ1v) is 11.9. The van der Waals surface area contributed by atoms with Crippen LogP contribution in [0, 0.1) is 0 Å². The summed E-state index contributed by atoms with van der Waals surface area (Å²) in [6, 6.07) is 34.8. The van der Waals surface area contributed by atoms with Crippen molar-refractivity contribution in [2.75, 3.05) is 4.90 Å². The summed E-state index contributed by atoms with van der Waals surface area (Å²) < 4.78 is 37.3. The van der Waals surface area contributed by atoms with E-state index in [-0.39, 0.29) is 29.9 Å².